The lowest BCUT2D eigenvalue weighted by atomic mass is 10.1. The van der Waals surface area contributed by atoms with Gasteiger partial charge in [0.2, 0.25) is 0 Å². The number of aliphatic hydroxyl groups excluding tert-OH is 1. The topological polar surface area (TPSA) is 72.8 Å². The van der Waals surface area contributed by atoms with Crippen LogP contribution in [-0.4, -0.2) is 37.0 Å². The molecular weight excluding hydrogens is 435 g/mol. The molecule has 0 amide bonds. The summed E-state index contributed by atoms with van der Waals surface area (Å²) in [6.07, 6.45) is 1.57. The molecule has 128 valence electrons. The van der Waals surface area contributed by atoms with Crippen LogP contribution in [-0.2, 0) is 0 Å². The average Bonchev–Trinajstić information content (AvgIpc) is 2.86. The number of hydrogen-bond acceptors (Lipinski definition) is 5. The number of benzene rings is 2. The summed E-state index contributed by atoms with van der Waals surface area (Å²) in [5, 5.41) is 8.92. The number of rotatable bonds is 5. The maximum Gasteiger partial charge on any atom is 0.197 e. The van der Waals surface area contributed by atoms with Gasteiger partial charge in [-0.25, -0.2) is 0 Å². The van der Waals surface area contributed by atoms with Crippen molar-refractivity contribution in [1.29, 1.82) is 0 Å². The molecule has 0 saturated heterocycles. The molecule has 3 rings (SSSR count). The van der Waals surface area contributed by atoms with Gasteiger partial charge in [-0.1, -0.05) is 24.3 Å². The van der Waals surface area contributed by atoms with E-state index >= 15 is 0 Å². The molecule has 6 heteroatoms. The van der Waals surface area contributed by atoms with Gasteiger partial charge in [-0.2, -0.15) is 0 Å². The van der Waals surface area contributed by atoms with Crippen LogP contribution in [0.1, 0.15) is 26.3 Å². The Labute approximate surface area is 158 Å². The van der Waals surface area contributed by atoms with Gasteiger partial charge in [0.25, 0.3) is 0 Å². The fourth-order valence-electron chi connectivity index (χ4n) is 2.68. The predicted octanol–water partition coefficient (Wildman–Crippen LogP) is 3.13. The first-order valence-corrected chi connectivity index (χ1v) is 8.66. The highest BCUT2D eigenvalue weighted by Gasteiger charge is 2.32. The molecule has 0 fully saturated rings. The van der Waals surface area contributed by atoms with Crippen LogP contribution in [0.3, 0.4) is 0 Å². The van der Waals surface area contributed by atoms with Gasteiger partial charge in [-0.15, -0.1) is 0 Å². The minimum atomic E-state index is -0.268. The van der Waals surface area contributed by atoms with Crippen LogP contribution in [0.5, 0.6) is 11.5 Å². The molecule has 2 aromatic rings. The smallest absolute Gasteiger partial charge is 0.197 e. The van der Waals surface area contributed by atoms with Crippen LogP contribution < -0.4 is 9.47 Å². The van der Waals surface area contributed by atoms with E-state index in [-0.39, 0.29) is 30.4 Å². The molecular formula is C19H15IO5. The highest BCUT2D eigenvalue weighted by Crippen LogP contribution is 2.35. The summed E-state index contributed by atoms with van der Waals surface area (Å²) < 4.78 is 11.6. The number of methoxy groups -OCH3 is 1. The van der Waals surface area contributed by atoms with E-state index < -0.39 is 0 Å². The zero-order valence-electron chi connectivity index (χ0n) is 13.4. The number of aliphatic hydroxyl groups is 1. The molecule has 2 aromatic carbocycles. The Morgan fingerprint density at radius 2 is 1.76 bits per heavy atom. The second kappa shape index (κ2) is 7.37. The summed E-state index contributed by atoms with van der Waals surface area (Å²) in [7, 11) is 1.51. The van der Waals surface area contributed by atoms with E-state index in [4.69, 9.17) is 14.6 Å². The summed E-state index contributed by atoms with van der Waals surface area (Å²) in [5.41, 5.74) is 1.68. The van der Waals surface area contributed by atoms with E-state index in [1.54, 1.807) is 42.5 Å². The minimum absolute atomic E-state index is 0.105. The Hall–Kier alpha value is -2.19. The van der Waals surface area contributed by atoms with Crippen LogP contribution in [0.4, 0.5) is 0 Å². The Bertz CT molecular complexity index is 848. The zero-order chi connectivity index (χ0) is 18.0. The molecule has 25 heavy (non-hydrogen) atoms. The molecule has 0 heterocycles. The van der Waals surface area contributed by atoms with Crippen LogP contribution in [0.15, 0.2) is 42.0 Å². The number of hydrogen-bond donors (Lipinski definition) is 1. The molecule has 1 aliphatic rings. The van der Waals surface area contributed by atoms with Gasteiger partial charge < -0.3 is 14.6 Å². The normalized spacial score (nSPS) is 13.0. The monoisotopic (exact) mass is 450 g/mol. The highest BCUT2D eigenvalue weighted by molar-refractivity contribution is 14.1. The largest absolute Gasteiger partial charge is 0.493 e. The summed E-state index contributed by atoms with van der Waals surface area (Å²) in [4.78, 5) is 25.0. The van der Waals surface area contributed by atoms with Gasteiger partial charge >= 0.3 is 0 Å². The lowest BCUT2D eigenvalue weighted by Gasteiger charge is -2.13. The highest BCUT2D eigenvalue weighted by atomic mass is 127. The van der Waals surface area contributed by atoms with Crippen molar-refractivity contribution in [3.05, 3.63) is 62.2 Å². The molecule has 0 bridgehead atoms. The minimum Gasteiger partial charge on any atom is -0.493 e. The molecule has 0 atom stereocenters. The standard InChI is InChI=1S/C19H15IO5/c1-24-16-10-11(9-15(20)19(16)25-7-6-21)8-14-17(22)12-4-2-3-5-13(12)18(14)23/h2-5,8-10,21H,6-7H2,1H3. The summed E-state index contributed by atoms with van der Waals surface area (Å²) in [6, 6.07) is 10.3. The van der Waals surface area contributed by atoms with E-state index in [0.29, 0.717) is 28.2 Å². The lowest BCUT2D eigenvalue weighted by molar-refractivity contribution is 0.0990. The first-order chi connectivity index (χ1) is 12.1. The molecule has 0 radical (unpaired) electrons. The van der Waals surface area contributed by atoms with Gasteiger partial charge in [-0.3, -0.25) is 9.59 Å². The van der Waals surface area contributed by atoms with Gasteiger partial charge in [0, 0.05) is 11.1 Å². The third-order valence-electron chi connectivity index (χ3n) is 3.81. The number of ether oxygens (including phenoxy) is 2. The average molecular weight is 450 g/mol. The Morgan fingerprint density at radius 3 is 2.32 bits per heavy atom. The Kier molecular flexibility index (Phi) is 5.19. The van der Waals surface area contributed by atoms with E-state index in [2.05, 4.69) is 22.6 Å². The van der Waals surface area contributed by atoms with Crippen molar-refractivity contribution in [3.63, 3.8) is 0 Å². The predicted molar refractivity (Wildman–Crippen MR) is 101 cm³/mol. The third-order valence-corrected chi connectivity index (χ3v) is 4.61. The molecule has 0 aromatic heterocycles. The van der Waals surface area contributed by atoms with Crippen LogP contribution in [0, 0.1) is 3.57 Å². The van der Waals surface area contributed by atoms with Crippen LogP contribution >= 0.6 is 22.6 Å². The summed E-state index contributed by atoms with van der Waals surface area (Å²) in [5.74, 6) is 0.458. The first-order valence-electron chi connectivity index (χ1n) is 7.58. The summed E-state index contributed by atoms with van der Waals surface area (Å²) >= 11 is 2.09. The fraction of sp³-hybridized carbons (Fsp3) is 0.158. The number of fused-ring (bicyclic) bond motifs is 1. The van der Waals surface area contributed by atoms with Gasteiger partial charge in [0.15, 0.2) is 23.1 Å². The van der Waals surface area contributed by atoms with Gasteiger partial charge in [0.05, 0.1) is 22.9 Å². The van der Waals surface area contributed by atoms with E-state index in [1.165, 1.54) is 7.11 Å². The second-order valence-corrected chi connectivity index (χ2v) is 6.53. The number of carbonyl (C=O) groups excluding carboxylic acids is 2. The molecule has 0 aliphatic heterocycles. The summed E-state index contributed by atoms with van der Waals surface area (Å²) in [6.45, 7) is 0.0470. The van der Waals surface area contributed by atoms with Crippen LogP contribution in [0.25, 0.3) is 6.08 Å². The van der Waals surface area contributed by atoms with E-state index in [9.17, 15) is 9.59 Å². The number of ketones is 2. The zero-order valence-corrected chi connectivity index (χ0v) is 15.6. The van der Waals surface area contributed by atoms with Crippen molar-refractivity contribution in [2.75, 3.05) is 20.3 Å². The second-order valence-electron chi connectivity index (χ2n) is 5.37. The fourth-order valence-corrected chi connectivity index (χ4v) is 3.46. The van der Waals surface area contributed by atoms with Crippen molar-refractivity contribution in [1.82, 2.24) is 0 Å². The number of Topliss-reactive ketones (excluding diaryl/α,β-unsaturated/α-hetero) is 2. The van der Waals surface area contributed by atoms with Crippen molar-refractivity contribution < 1.29 is 24.2 Å². The van der Waals surface area contributed by atoms with E-state index in [1.807, 2.05) is 0 Å². The molecule has 1 aliphatic carbocycles. The maximum atomic E-state index is 12.5. The lowest BCUT2D eigenvalue weighted by Crippen LogP contribution is -2.05. The molecule has 0 saturated carbocycles. The van der Waals surface area contributed by atoms with Crippen molar-refractivity contribution in [2.24, 2.45) is 0 Å². The Morgan fingerprint density at radius 1 is 1.12 bits per heavy atom. The number of carbonyl (C=O) groups is 2. The maximum absolute atomic E-state index is 12.5. The van der Waals surface area contributed by atoms with Crippen LogP contribution in [0.2, 0.25) is 0 Å². The van der Waals surface area contributed by atoms with E-state index in [0.717, 1.165) is 3.57 Å². The number of allylic oxidation sites excluding steroid dienone is 1. The first kappa shape index (κ1) is 17.6. The van der Waals surface area contributed by atoms with Crippen molar-refractivity contribution in [3.8, 4) is 11.5 Å². The van der Waals surface area contributed by atoms with Crippen molar-refractivity contribution >= 4 is 40.2 Å². The molecule has 1 N–H and O–H groups in total. The molecule has 5 nitrogen and oxygen atoms in total. The van der Waals surface area contributed by atoms with Gasteiger partial charge in [-0.05, 0) is 46.4 Å². The SMILES string of the molecule is COc1cc(C=C2C(=O)c3ccccc3C2=O)cc(I)c1OCCO. The van der Waals surface area contributed by atoms with Gasteiger partial charge in [0.1, 0.15) is 6.61 Å². The van der Waals surface area contributed by atoms with Crippen molar-refractivity contribution in [2.45, 2.75) is 0 Å². The molecule has 0 unspecified atom stereocenters. The third kappa shape index (κ3) is 3.32. The molecule has 0 spiro atoms. The quantitative estimate of drug-likeness (QED) is 0.431. The Balaban J connectivity index is 2.01. The number of halogens is 1.